The predicted octanol–water partition coefficient (Wildman–Crippen LogP) is 1.37. The van der Waals surface area contributed by atoms with Gasteiger partial charge < -0.3 is 15.0 Å². The molecule has 2 rings (SSSR count). The third kappa shape index (κ3) is 2.89. The largest absolute Gasteiger partial charge is 0.480 e. The van der Waals surface area contributed by atoms with Crippen molar-refractivity contribution in [3.8, 4) is 5.75 Å². The third-order valence-electron chi connectivity index (χ3n) is 2.75. The van der Waals surface area contributed by atoms with Gasteiger partial charge in [-0.3, -0.25) is 10.1 Å². The molecule has 7 nitrogen and oxygen atoms in total. The van der Waals surface area contributed by atoms with Crippen LogP contribution in [0.15, 0.2) is 30.7 Å². The second-order valence-corrected chi connectivity index (χ2v) is 4.05. The molecule has 1 aromatic heterocycles. The van der Waals surface area contributed by atoms with E-state index in [-0.39, 0.29) is 24.6 Å². The highest BCUT2D eigenvalue weighted by Crippen LogP contribution is 2.28. The van der Waals surface area contributed by atoms with Gasteiger partial charge in [0.2, 0.25) is 0 Å². The zero-order valence-corrected chi connectivity index (χ0v) is 10.4. The van der Waals surface area contributed by atoms with Gasteiger partial charge in [0.25, 0.3) is 0 Å². The van der Waals surface area contributed by atoms with Crippen LogP contribution in [-0.4, -0.2) is 14.5 Å². The number of nitro benzene ring substituents is 1. The fraction of sp³-hybridized carbons (Fsp3) is 0.250. The number of nitrogens with zero attached hydrogens (tertiary/aromatic N) is 3. The first-order chi connectivity index (χ1) is 9.11. The first-order valence-electron chi connectivity index (χ1n) is 5.67. The van der Waals surface area contributed by atoms with Gasteiger partial charge in [-0.2, -0.15) is 0 Å². The summed E-state index contributed by atoms with van der Waals surface area (Å²) < 4.78 is 7.27. The van der Waals surface area contributed by atoms with Gasteiger partial charge in [-0.15, -0.1) is 0 Å². The van der Waals surface area contributed by atoms with Crippen molar-refractivity contribution in [1.82, 2.24) is 9.55 Å². The van der Waals surface area contributed by atoms with Crippen molar-refractivity contribution in [1.29, 1.82) is 0 Å². The lowest BCUT2D eigenvalue weighted by molar-refractivity contribution is -0.386. The van der Waals surface area contributed by atoms with E-state index in [4.69, 9.17) is 10.5 Å². The second-order valence-electron chi connectivity index (χ2n) is 4.05. The van der Waals surface area contributed by atoms with Crippen LogP contribution in [0.25, 0.3) is 0 Å². The van der Waals surface area contributed by atoms with Crippen LogP contribution in [0.4, 0.5) is 5.69 Å². The molecule has 0 aliphatic heterocycles. The molecule has 0 spiro atoms. The molecule has 19 heavy (non-hydrogen) atoms. The van der Waals surface area contributed by atoms with Crippen molar-refractivity contribution < 1.29 is 9.66 Å². The summed E-state index contributed by atoms with van der Waals surface area (Å²) in [6, 6.07) is 4.71. The minimum atomic E-state index is -0.474. The summed E-state index contributed by atoms with van der Waals surface area (Å²) in [4.78, 5) is 14.5. The van der Waals surface area contributed by atoms with Crippen molar-refractivity contribution >= 4 is 5.69 Å². The van der Waals surface area contributed by atoms with Crippen molar-refractivity contribution in [3.05, 3.63) is 52.1 Å². The number of hydrogen-bond acceptors (Lipinski definition) is 5. The van der Waals surface area contributed by atoms with E-state index in [0.29, 0.717) is 5.56 Å². The van der Waals surface area contributed by atoms with Crippen LogP contribution in [0.2, 0.25) is 0 Å². The lowest BCUT2D eigenvalue weighted by atomic mass is 10.2. The number of hydrogen-bond donors (Lipinski definition) is 1. The van der Waals surface area contributed by atoms with Gasteiger partial charge in [0, 0.05) is 19.7 Å². The van der Waals surface area contributed by atoms with Gasteiger partial charge in [-0.25, -0.2) is 4.98 Å². The van der Waals surface area contributed by atoms with Crippen molar-refractivity contribution in [2.24, 2.45) is 12.8 Å². The standard InChI is InChI=1S/C12H14N4O3/c1-15-8-14-6-10(15)7-19-12-3-2-9(5-13)4-11(12)16(17)18/h2-4,6,8H,5,7,13H2,1H3. The predicted molar refractivity (Wildman–Crippen MR) is 68.5 cm³/mol. The molecule has 7 heteroatoms. The van der Waals surface area contributed by atoms with Crippen molar-refractivity contribution in [3.63, 3.8) is 0 Å². The molecule has 0 atom stereocenters. The van der Waals surface area contributed by atoms with Gasteiger partial charge in [0.15, 0.2) is 5.75 Å². The fourth-order valence-corrected chi connectivity index (χ4v) is 1.63. The summed E-state index contributed by atoms with van der Waals surface area (Å²) in [7, 11) is 1.83. The van der Waals surface area contributed by atoms with Crippen LogP contribution >= 0.6 is 0 Å². The van der Waals surface area contributed by atoms with E-state index in [2.05, 4.69) is 4.98 Å². The van der Waals surface area contributed by atoms with Gasteiger partial charge in [-0.1, -0.05) is 6.07 Å². The Morgan fingerprint density at radius 2 is 2.32 bits per heavy atom. The van der Waals surface area contributed by atoms with Gasteiger partial charge in [0.1, 0.15) is 6.61 Å². The molecule has 0 saturated carbocycles. The van der Waals surface area contributed by atoms with E-state index in [1.165, 1.54) is 6.07 Å². The zero-order chi connectivity index (χ0) is 13.8. The Labute approximate surface area is 109 Å². The summed E-state index contributed by atoms with van der Waals surface area (Å²) in [6.07, 6.45) is 3.30. The average molecular weight is 262 g/mol. The Hall–Kier alpha value is -2.41. The Morgan fingerprint density at radius 1 is 1.53 bits per heavy atom. The van der Waals surface area contributed by atoms with E-state index in [0.717, 1.165) is 5.69 Å². The molecule has 1 aromatic carbocycles. The topological polar surface area (TPSA) is 96.2 Å². The molecule has 0 bridgehead atoms. The number of nitrogens with two attached hydrogens (primary N) is 1. The monoisotopic (exact) mass is 262 g/mol. The van der Waals surface area contributed by atoms with Crippen LogP contribution in [0.3, 0.4) is 0 Å². The summed E-state index contributed by atoms with van der Waals surface area (Å²) in [6.45, 7) is 0.474. The Bertz CT molecular complexity index is 594. The van der Waals surface area contributed by atoms with E-state index in [9.17, 15) is 10.1 Å². The van der Waals surface area contributed by atoms with Crippen LogP contribution in [0.1, 0.15) is 11.3 Å². The van der Waals surface area contributed by atoms with E-state index in [1.54, 1.807) is 29.2 Å². The van der Waals surface area contributed by atoms with Crippen molar-refractivity contribution in [2.75, 3.05) is 0 Å². The molecule has 0 aliphatic carbocycles. The lowest BCUT2D eigenvalue weighted by Gasteiger charge is -2.08. The lowest BCUT2D eigenvalue weighted by Crippen LogP contribution is -2.04. The molecule has 100 valence electrons. The summed E-state index contributed by atoms with van der Waals surface area (Å²) in [5, 5.41) is 11.0. The number of rotatable bonds is 5. The van der Waals surface area contributed by atoms with Gasteiger partial charge >= 0.3 is 5.69 Å². The third-order valence-corrected chi connectivity index (χ3v) is 2.75. The smallest absolute Gasteiger partial charge is 0.311 e. The van der Waals surface area contributed by atoms with E-state index < -0.39 is 4.92 Å². The first-order valence-corrected chi connectivity index (χ1v) is 5.67. The first kappa shape index (κ1) is 13.0. The molecule has 2 N–H and O–H groups in total. The molecule has 2 aromatic rings. The second kappa shape index (κ2) is 5.49. The highest BCUT2D eigenvalue weighted by Gasteiger charge is 2.16. The maximum Gasteiger partial charge on any atom is 0.311 e. The number of nitro groups is 1. The Kier molecular flexibility index (Phi) is 3.76. The summed E-state index contributed by atoms with van der Waals surface area (Å²) >= 11 is 0. The number of aromatic nitrogens is 2. The Balaban J connectivity index is 2.20. The minimum absolute atomic E-state index is 0.0786. The maximum absolute atomic E-state index is 11.0. The van der Waals surface area contributed by atoms with Gasteiger partial charge in [0.05, 0.1) is 23.1 Å². The van der Waals surface area contributed by atoms with Crippen LogP contribution in [0.5, 0.6) is 5.75 Å². The number of aryl methyl sites for hydroxylation is 1. The molecular formula is C12H14N4O3. The molecule has 0 saturated heterocycles. The number of ether oxygens (including phenoxy) is 1. The molecule has 0 amide bonds. The van der Waals surface area contributed by atoms with Crippen LogP contribution < -0.4 is 10.5 Å². The van der Waals surface area contributed by atoms with Crippen molar-refractivity contribution in [2.45, 2.75) is 13.2 Å². The van der Waals surface area contributed by atoms with Gasteiger partial charge in [-0.05, 0) is 11.6 Å². The quantitative estimate of drug-likeness (QED) is 0.648. The molecular weight excluding hydrogens is 248 g/mol. The molecule has 0 aliphatic rings. The number of imidazole rings is 1. The summed E-state index contributed by atoms with van der Waals surface area (Å²) in [5.74, 6) is 0.225. The highest BCUT2D eigenvalue weighted by atomic mass is 16.6. The zero-order valence-electron chi connectivity index (χ0n) is 10.4. The average Bonchev–Trinajstić information content (AvgIpc) is 2.81. The fourth-order valence-electron chi connectivity index (χ4n) is 1.63. The molecule has 0 fully saturated rings. The summed E-state index contributed by atoms with van der Waals surface area (Å²) in [5.41, 5.74) is 6.91. The molecule has 0 radical (unpaired) electrons. The Morgan fingerprint density at radius 3 is 2.89 bits per heavy atom. The van der Waals surface area contributed by atoms with E-state index in [1.807, 2.05) is 7.05 Å². The molecule has 0 unspecified atom stereocenters. The highest BCUT2D eigenvalue weighted by molar-refractivity contribution is 5.48. The minimum Gasteiger partial charge on any atom is -0.480 e. The SMILES string of the molecule is Cn1cncc1COc1ccc(CN)cc1[N+](=O)[O-]. The van der Waals surface area contributed by atoms with Crippen LogP contribution in [-0.2, 0) is 20.2 Å². The molecule has 1 heterocycles. The maximum atomic E-state index is 11.0. The normalized spacial score (nSPS) is 10.4. The van der Waals surface area contributed by atoms with Crippen LogP contribution in [0, 0.1) is 10.1 Å². The van der Waals surface area contributed by atoms with E-state index >= 15 is 0 Å². The number of benzene rings is 1.